The average Bonchev–Trinajstić information content (AvgIpc) is 2.57. The van der Waals surface area contributed by atoms with Gasteiger partial charge in [0.25, 0.3) is 0 Å². The molecule has 0 bridgehead atoms. The normalized spacial score (nSPS) is 28.4. The second-order valence-corrected chi connectivity index (χ2v) is 5.88. The van der Waals surface area contributed by atoms with E-state index in [0.717, 1.165) is 0 Å². The molecule has 1 saturated carbocycles. The molecule has 0 unspecified atom stereocenters. The van der Waals surface area contributed by atoms with Crippen molar-refractivity contribution < 1.29 is 9.50 Å². The summed E-state index contributed by atoms with van der Waals surface area (Å²) in [4.78, 5) is 4.20. The largest absolute Gasteiger partial charge is 0.390 e. The number of hydrogen-bond acceptors (Lipinski definition) is 2. The van der Waals surface area contributed by atoms with Crippen LogP contribution in [0.2, 0.25) is 0 Å². The van der Waals surface area contributed by atoms with Crippen LogP contribution in [0.3, 0.4) is 0 Å². The maximum atomic E-state index is 13.9. The Morgan fingerprint density at radius 1 is 1.53 bits per heavy atom. The van der Waals surface area contributed by atoms with E-state index in [9.17, 15) is 9.50 Å². The lowest BCUT2D eigenvalue weighted by Crippen LogP contribution is -2.41. The molecule has 0 saturated heterocycles. The summed E-state index contributed by atoms with van der Waals surface area (Å²) in [5, 5.41) is 9.73. The fraction of sp³-hybridized carbons (Fsp3) is 0.417. The maximum Gasteiger partial charge on any atom is 0.150 e. The van der Waals surface area contributed by atoms with Crippen LogP contribution in [0, 0.1) is 5.82 Å². The second kappa shape index (κ2) is 3.53. The number of fused-ring (bicyclic) bond motifs is 1. The Morgan fingerprint density at radius 3 is 2.88 bits per heavy atom. The van der Waals surface area contributed by atoms with E-state index in [2.05, 4.69) is 20.9 Å². The molecule has 5 heteroatoms. The summed E-state index contributed by atoms with van der Waals surface area (Å²) in [6.45, 7) is 1.80. The Kier molecular flexibility index (Phi) is 2.32. The number of nitrogens with zero attached hydrogens (tertiary/aromatic N) is 2. The number of imidazole rings is 1. The number of halogens is 2. The van der Waals surface area contributed by atoms with Gasteiger partial charge in [0.05, 0.1) is 17.4 Å². The molecule has 0 spiro atoms. The molecule has 1 aliphatic carbocycles. The third-order valence-electron chi connectivity index (χ3n) is 3.33. The molecule has 2 aromatic rings. The van der Waals surface area contributed by atoms with Crippen LogP contribution in [0.15, 0.2) is 22.9 Å². The molecule has 0 aliphatic heterocycles. The Bertz CT molecular complexity index is 585. The van der Waals surface area contributed by atoms with Crippen LogP contribution in [0.4, 0.5) is 4.39 Å². The van der Waals surface area contributed by atoms with Gasteiger partial charge in [-0.2, -0.15) is 0 Å². The van der Waals surface area contributed by atoms with Crippen LogP contribution in [-0.4, -0.2) is 20.3 Å². The summed E-state index contributed by atoms with van der Waals surface area (Å²) in [5.74, 6) is -0.279. The summed E-state index contributed by atoms with van der Waals surface area (Å²) < 4.78 is 16.4. The van der Waals surface area contributed by atoms with Gasteiger partial charge in [0.15, 0.2) is 0 Å². The lowest BCUT2D eigenvalue weighted by atomic mass is 9.77. The van der Waals surface area contributed by atoms with E-state index >= 15 is 0 Å². The van der Waals surface area contributed by atoms with Gasteiger partial charge in [0.2, 0.25) is 0 Å². The monoisotopic (exact) mass is 298 g/mol. The highest BCUT2D eigenvalue weighted by molar-refractivity contribution is 9.10. The summed E-state index contributed by atoms with van der Waals surface area (Å²) in [5.41, 5.74) is 0.546. The predicted octanol–water partition coefficient (Wildman–Crippen LogP) is 3.02. The van der Waals surface area contributed by atoms with E-state index in [1.54, 1.807) is 19.3 Å². The molecule has 1 aromatic heterocycles. The molecule has 0 atom stereocenters. The molecule has 1 aliphatic rings. The number of hydrogen-bond donors (Lipinski definition) is 1. The Morgan fingerprint density at radius 2 is 2.24 bits per heavy atom. The van der Waals surface area contributed by atoms with Gasteiger partial charge >= 0.3 is 0 Å². The molecule has 90 valence electrons. The zero-order chi connectivity index (χ0) is 12.2. The quantitative estimate of drug-likeness (QED) is 0.879. The zero-order valence-electron chi connectivity index (χ0n) is 9.32. The molecule has 17 heavy (non-hydrogen) atoms. The highest BCUT2D eigenvalue weighted by atomic mass is 79.9. The number of benzene rings is 1. The van der Waals surface area contributed by atoms with E-state index in [1.165, 1.54) is 6.07 Å². The zero-order valence-corrected chi connectivity index (χ0v) is 10.9. The van der Waals surface area contributed by atoms with Crippen molar-refractivity contribution in [2.45, 2.75) is 31.4 Å². The minimum atomic E-state index is -0.618. The van der Waals surface area contributed by atoms with E-state index < -0.39 is 5.60 Å². The first-order chi connectivity index (χ1) is 7.96. The standard InChI is InChI=1S/C12H12BrFN2O/c1-12(17)4-8(5-12)16-6-15-10-3-7(13)2-9(14)11(10)16/h2-3,6,8,17H,4-5H2,1H3. The lowest BCUT2D eigenvalue weighted by molar-refractivity contribution is -0.0499. The van der Waals surface area contributed by atoms with Gasteiger partial charge in [0.1, 0.15) is 11.3 Å². The molecule has 3 rings (SSSR count). The van der Waals surface area contributed by atoms with Gasteiger partial charge in [-0.3, -0.25) is 0 Å². The van der Waals surface area contributed by atoms with Gasteiger partial charge in [-0.05, 0) is 31.9 Å². The number of aliphatic hydroxyl groups is 1. The van der Waals surface area contributed by atoms with Crippen molar-refractivity contribution in [3.05, 3.63) is 28.7 Å². The van der Waals surface area contributed by atoms with Crippen LogP contribution in [0.25, 0.3) is 11.0 Å². The van der Waals surface area contributed by atoms with E-state index in [-0.39, 0.29) is 11.9 Å². The Balaban J connectivity index is 2.07. The van der Waals surface area contributed by atoms with E-state index in [0.29, 0.717) is 28.3 Å². The van der Waals surface area contributed by atoms with Crippen molar-refractivity contribution in [2.24, 2.45) is 0 Å². The first kappa shape index (κ1) is 11.2. The van der Waals surface area contributed by atoms with E-state index in [4.69, 9.17) is 0 Å². The topological polar surface area (TPSA) is 38.0 Å². The molecule has 0 amide bonds. The van der Waals surface area contributed by atoms with Crippen LogP contribution in [0.5, 0.6) is 0 Å². The number of rotatable bonds is 1. The van der Waals surface area contributed by atoms with Gasteiger partial charge in [0, 0.05) is 10.5 Å². The van der Waals surface area contributed by atoms with Crippen LogP contribution < -0.4 is 0 Å². The van der Waals surface area contributed by atoms with Gasteiger partial charge in [-0.1, -0.05) is 15.9 Å². The molecule has 1 heterocycles. The summed E-state index contributed by atoms with van der Waals surface area (Å²) in [7, 11) is 0. The van der Waals surface area contributed by atoms with Crippen LogP contribution in [-0.2, 0) is 0 Å². The minimum Gasteiger partial charge on any atom is -0.390 e. The smallest absolute Gasteiger partial charge is 0.150 e. The minimum absolute atomic E-state index is 0.144. The van der Waals surface area contributed by atoms with Gasteiger partial charge in [-0.25, -0.2) is 9.37 Å². The summed E-state index contributed by atoms with van der Waals surface area (Å²) in [6, 6.07) is 3.38. The molecule has 1 N–H and O–H groups in total. The Hall–Kier alpha value is -0.940. The van der Waals surface area contributed by atoms with Crippen LogP contribution >= 0.6 is 15.9 Å². The van der Waals surface area contributed by atoms with Crippen LogP contribution in [0.1, 0.15) is 25.8 Å². The summed E-state index contributed by atoms with van der Waals surface area (Å²) in [6.07, 6.45) is 2.95. The molecule has 3 nitrogen and oxygen atoms in total. The molecule has 1 aromatic carbocycles. The molecular weight excluding hydrogens is 287 g/mol. The van der Waals surface area contributed by atoms with E-state index in [1.807, 2.05) is 4.57 Å². The summed E-state index contributed by atoms with van der Waals surface area (Å²) >= 11 is 3.25. The highest BCUT2D eigenvalue weighted by Gasteiger charge is 2.40. The maximum absolute atomic E-state index is 13.9. The fourth-order valence-electron chi connectivity index (χ4n) is 2.52. The first-order valence-electron chi connectivity index (χ1n) is 5.50. The molecular formula is C12H12BrFN2O. The van der Waals surface area contributed by atoms with Crippen molar-refractivity contribution in [3.8, 4) is 0 Å². The molecule has 1 fully saturated rings. The Labute approximate surface area is 106 Å². The van der Waals surface area contributed by atoms with Gasteiger partial charge in [-0.15, -0.1) is 0 Å². The third kappa shape index (κ3) is 1.77. The van der Waals surface area contributed by atoms with Crippen molar-refractivity contribution in [3.63, 3.8) is 0 Å². The number of aromatic nitrogens is 2. The predicted molar refractivity (Wildman–Crippen MR) is 66.3 cm³/mol. The fourth-order valence-corrected chi connectivity index (χ4v) is 2.94. The second-order valence-electron chi connectivity index (χ2n) is 4.97. The van der Waals surface area contributed by atoms with Crippen molar-refractivity contribution in [2.75, 3.05) is 0 Å². The SMILES string of the molecule is CC1(O)CC(n2cnc3cc(Br)cc(F)c32)C1. The first-order valence-corrected chi connectivity index (χ1v) is 6.29. The van der Waals surface area contributed by atoms with Crippen molar-refractivity contribution in [1.29, 1.82) is 0 Å². The molecule has 0 radical (unpaired) electrons. The lowest BCUT2D eigenvalue weighted by Gasteiger charge is -2.41. The third-order valence-corrected chi connectivity index (χ3v) is 3.79. The van der Waals surface area contributed by atoms with Crippen molar-refractivity contribution >= 4 is 27.0 Å². The average molecular weight is 299 g/mol. The highest BCUT2D eigenvalue weighted by Crippen LogP contribution is 2.42. The van der Waals surface area contributed by atoms with Crippen molar-refractivity contribution in [1.82, 2.24) is 9.55 Å². The van der Waals surface area contributed by atoms with Gasteiger partial charge < -0.3 is 9.67 Å².